The zero-order chi connectivity index (χ0) is 15.2. The zero-order valence-corrected chi connectivity index (χ0v) is 12.4. The lowest BCUT2D eigenvalue weighted by atomic mass is 10.2. The van der Waals surface area contributed by atoms with Crippen LogP contribution < -0.4 is 10.7 Å². The fraction of sp³-hybridized carbons (Fsp3) is 0.214. The summed E-state index contributed by atoms with van der Waals surface area (Å²) in [6, 6.07) is 7.59. The number of nitrogens with one attached hydrogen (secondary N) is 2. The summed E-state index contributed by atoms with van der Waals surface area (Å²) in [5, 5.41) is 17.3. The maximum Gasteiger partial charge on any atom is 0.323 e. The molecule has 6 nitrogen and oxygen atoms in total. The van der Waals surface area contributed by atoms with Crippen molar-refractivity contribution in [3.63, 3.8) is 0 Å². The van der Waals surface area contributed by atoms with Crippen LogP contribution >= 0.6 is 12.2 Å². The second-order valence-corrected chi connectivity index (χ2v) is 4.76. The summed E-state index contributed by atoms with van der Waals surface area (Å²) in [6.07, 6.45) is 3.39. The van der Waals surface area contributed by atoms with Gasteiger partial charge in [-0.2, -0.15) is 5.10 Å². The summed E-state index contributed by atoms with van der Waals surface area (Å²) < 4.78 is 1.68. The largest absolute Gasteiger partial charge is 0.480 e. The maximum atomic E-state index is 10.9. The van der Waals surface area contributed by atoms with Gasteiger partial charge in [-0.05, 0) is 25.2 Å². The summed E-state index contributed by atoms with van der Waals surface area (Å²) in [7, 11) is 0. The van der Waals surface area contributed by atoms with Crippen LogP contribution in [-0.2, 0) is 11.3 Å². The number of aromatic nitrogens is 1. The highest BCUT2D eigenvalue weighted by molar-refractivity contribution is 7.80. The normalized spacial score (nSPS) is 10.9. The van der Waals surface area contributed by atoms with Gasteiger partial charge in [0, 0.05) is 29.2 Å². The molecule has 0 amide bonds. The van der Waals surface area contributed by atoms with Crippen molar-refractivity contribution in [2.45, 2.75) is 13.5 Å². The van der Waals surface area contributed by atoms with E-state index in [4.69, 9.17) is 17.3 Å². The number of carboxylic acid groups (broad SMARTS) is 1. The molecule has 2 rings (SSSR count). The Hall–Kier alpha value is -2.41. The SMILES string of the molecule is CCNC(=S)N/N=C/c1cn(CC(=O)O)c2ccccc12. The first-order valence-corrected chi connectivity index (χ1v) is 6.89. The van der Waals surface area contributed by atoms with E-state index in [0.717, 1.165) is 23.0 Å². The summed E-state index contributed by atoms with van der Waals surface area (Å²) in [5.41, 5.74) is 4.40. The van der Waals surface area contributed by atoms with Gasteiger partial charge in [-0.1, -0.05) is 18.2 Å². The third-order valence-corrected chi connectivity index (χ3v) is 3.07. The van der Waals surface area contributed by atoms with Crippen molar-refractivity contribution in [3.8, 4) is 0 Å². The Bertz CT molecular complexity index is 693. The van der Waals surface area contributed by atoms with E-state index in [1.807, 2.05) is 31.2 Å². The molecule has 21 heavy (non-hydrogen) atoms. The van der Waals surface area contributed by atoms with Crippen LogP contribution in [0.5, 0.6) is 0 Å². The van der Waals surface area contributed by atoms with Crippen molar-refractivity contribution >= 4 is 40.4 Å². The fourth-order valence-electron chi connectivity index (χ4n) is 2.02. The van der Waals surface area contributed by atoms with E-state index in [0.29, 0.717) is 5.11 Å². The summed E-state index contributed by atoms with van der Waals surface area (Å²) in [6.45, 7) is 2.58. The number of thiocarbonyl (C=S) groups is 1. The standard InChI is InChI=1S/C14H16N4O2S/c1-2-15-14(21)17-16-7-10-8-18(9-13(19)20)12-6-4-3-5-11(10)12/h3-8H,2,9H2,1H3,(H,19,20)(H2,15,17,21)/b16-7+. The molecule has 1 aromatic carbocycles. The first-order chi connectivity index (χ1) is 10.1. The van der Waals surface area contributed by atoms with Gasteiger partial charge in [0.1, 0.15) is 6.54 Å². The summed E-state index contributed by atoms with van der Waals surface area (Å²) in [4.78, 5) is 10.9. The number of para-hydroxylation sites is 1. The van der Waals surface area contributed by atoms with E-state index in [-0.39, 0.29) is 6.54 Å². The molecule has 7 heteroatoms. The second kappa shape index (κ2) is 6.85. The fourth-order valence-corrected chi connectivity index (χ4v) is 2.21. The number of fused-ring (bicyclic) bond motifs is 1. The van der Waals surface area contributed by atoms with E-state index in [9.17, 15) is 4.79 Å². The Labute approximate surface area is 127 Å². The minimum Gasteiger partial charge on any atom is -0.480 e. The third-order valence-electron chi connectivity index (χ3n) is 2.83. The molecule has 1 aromatic heterocycles. The average Bonchev–Trinajstić information content (AvgIpc) is 2.77. The minimum absolute atomic E-state index is 0.0857. The molecule has 1 heterocycles. The second-order valence-electron chi connectivity index (χ2n) is 4.35. The average molecular weight is 304 g/mol. The molecule has 0 aliphatic carbocycles. The van der Waals surface area contributed by atoms with Gasteiger partial charge in [-0.25, -0.2) is 0 Å². The van der Waals surface area contributed by atoms with Crippen LogP contribution in [0.25, 0.3) is 10.9 Å². The Kier molecular flexibility index (Phi) is 4.89. The highest BCUT2D eigenvalue weighted by Gasteiger charge is 2.08. The number of carbonyl (C=O) groups is 1. The van der Waals surface area contributed by atoms with Gasteiger partial charge in [0.2, 0.25) is 0 Å². The number of benzene rings is 1. The van der Waals surface area contributed by atoms with Crippen molar-refractivity contribution in [1.29, 1.82) is 0 Å². The third kappa shape index (κ3) is 3.79. The molecule has 0 radical (unpaired) electrons. The molecular weight excluding hydrogens is 288 g/mol. The van der Waals surface area contributed by atoms with Crippen molar-refractivity contribution in [2.75, 3.05) is 6.54 Å². The van der Waals surface area contributed by atoms with E-state index >= 15 is 0 Å². The highest BCUT2D eigenvalue weighted by atomic mass is 32.1. The number of hydrazone groups is 1. The van der Waals surface area contributed by atoms with Gasteiger partial charge in [0.25, 0.3) is 0 Å². The van der Waals surface area contributed by atoms with Crippen LogP contribution in [-0.4, -0.2) is 33.5 Å². The Balaban J connectivity index is 2.25. The Morgan fingerprint density at radius 1 is 1.48 bits per heavy atom. The van der Waals surface area contributed by atoms with E-state index in [1.165, 1.54) is 0 Å². The minimum atomic E-state index is -0.884. The summed E-state index contributed by atoms with van der Waals surface area (Å²) >= 11 is 5.01. The number of rotatable bonds is 5. The lowest BCUT2D eigenvalue weighted by molar-refractivity contribution is -0.137. The van der Waals surface area contributed by atoms with Crippen molar-refractivity contribution in [2.24, 2.45) is 5.10 Å². The number of aliphatic carboxylic acids is 1. The van der Waals surface area contributed by atoms with Crippen LogP contribution in [0.4, 0.5) is 0 Å². The van der Waals surface area contributed by atoms with E-state index in [2.05, 4.69) is 15.8 Å². The highest BCUT2D eigenvalue weighted by Crippen LogP contribution is 2.19. The van der Waals surface area contributed by atoms with Crippen LogP contribution in [0, 0.1) is 0 Å². The molecule has 0 aliphatic rings. The van der Waals surface area contributed by atoms with Crippen molar-refractivity contribution in [3.05, 3.63) is 36.0 Å². The monoisotopic (exact) mass is 304 g/mol. The zero-order valence-electron chi connectivity index (χ0n) is 11.5. The molecule has 2 aromatic rings. The van der Waals surface area contributed by atoms with Crippen molar-refractivity contribution < 1.29 is 9.90 Å². The molecule has 0 saturated heterocycles. The molecule has 0 aliphatic heterocycles. The van der Waals surface area contributed by atoms with Gasteiger partial charge in [-0.15, -0.1) is 0 Å². The number of hydrogen-bond donors (Lipinski definition) is 3. The molecule has 0 saturated carbocycles. The van der Waals surface area contributed by atoms with Crippen molar-refractivity contribution in [1.82, 2.24) is 15.3 Å². The molecule has 0 fully saturated rings. The Morgan fingerprint density at radius 3 is 2.95 bits per heavy atom. The van der Waals surface area contributed by atoms with Gasteiger partial charge in [0.15, 0.2) is 5.11 Å². The number of carboxylic acids is 1. The molecule has 110 valence electrons. The number of nitrogens with zero attached hydrogens (tertiary/aromatic N) is 2. The molecular formula is C14H16N4O2S. The van der Waals surface area contributed by atoms with E-state index < -0.39 is 5.97 Å². The van der Waals surface area contributed by atoms with Crippen LogP contribution in [0.1, 0.15) is 12.5 Å². The van der Waals surface area contributed by atoms with Crippen LogP contribution in [0.2, 0.25) is 0 Å². The van der Waals surface area contributed by atoms with Gasteiger partial charge in [-0.3, -0.25) is 10.2 Å². The van der Waals surface area contributed by atoms with Gasteiger partial charge >= 0.3 is 5.97 Å². The number of hydrogen-bond acceptors (Lipinski definition) is 3. The quantitative estimate of drug-likeness (QED) is 0.444. The van der Waals surface area contributed by atoms with Crippen LogP contribution in [0.15, 0.2) is 35.6 Å². The predicted molar refractivity (Wildman–Crippen MR) is 86.6 cm³/mol. The molecule has 0 spiro atoms. The Morgan fingerprint density at radius 2 is 2.24 bits per heavy atom. The first kappa shape index (κ1) is 15.0. The van der Waals surface area contributed by atoms with Crippen LogP contribution in [0.3, 0.4) is 0 Å². The first-order valence-electron chi connectivity index (χ1n) is 6.48. The molecule has 0 atom stereocenters. The van der Waals surface area contributed by atoms with Gasteiger partial charge in [0.05, 0.1) is 6.21 Å². The summed E-state index contributed by atoms with van der Waals surface area (Å²) in [5.74, 6) is -0.884. The lowest BCUT2D eigenvalue weighted by Crippen LogP contribution is -2.31. The lowest BCUT2D eigenvalue weighted by Gasteiger charge is -2.02. The smallest absolute Gasteiger partial charge is 0.323 e. The van der Waals surface area contributed by atoms with Gasteiger partial charge < -0.3 is 15.0 Å². The topological polar surface area (TPSA) is 78.7 Å². The predicted octanol–water partition coefficient (Wildman–Crippen LogP) is 1.54. The molecule has 0 bridgehead atoms. The molecule has 0 unspecified atom stereocenters. The molecule has 3 N–H and O–H groups in total. The maximum absolute atomic E-state index is 10.9. The van der Waals surface area contributed by atoms with E-state index in [1.54, 1.807) is 17.0 Å².